The molecule has 120 valence electrons. The van der Waals surface area contributed by atoms with Crippen LogP contribution in [0.2, 0.25) is 0 Å². The van der Waals surface area contributed by atoms with Crippen molar-refractivity contribution in [1.29, 1.82) is 0 Å². The summed E-state index contributed by atoms with van der Waals surface area (Å²) in [6, 6.07) is 7.89. The van der Waals surface area contributed by atoms with E-state index in [-0.39, 0.29) is 0 Å². The number of rotatable bonds is 6. The molecule has 1 aromatic carbocycles. The quantitative estimate of drug-likeness (QED) is 0.323. The third kappa shape index (κ3) is 7.83. The first-order valence-electron chi connectivity index (χ1n) is 6.94. The SMILES string of the molecule is CSc1ccc(C(OOC(C)(C)C)OOC(C)(C)C)cc1. The van der Waals surface area contributed by atoms with E-state index in [1.54, 1.807) is 11.8 Å². The zero-order chi connectivity index (χ0) is 16.1. The first-order valence-corrected chi connectivity index (χ1v) is 8.16. The lowest BCUT2D eigenvalue weighted by Gasteiger charge is -2.25. The Balaban J connectivity index is 2.78. The molecular weight excluding hydrogens is 288 g/mol. The molecule has 0 unspecified atom stereocenters. The van der Waals surface area contributed by atoms with Crippen LogP contribution >= 0.6 is 11.8 Å². The number of hydrogen-bond acceptors (Lipinski definition) is 5. The summed E-state index contributed by atoms with van der Waals surface area (Å²) in [7, 11) is 0. The molecule has 0 N–H and O–H groups in total. The average molecular weight is 314 g/mol. The van der Waals surface area contributed by atoms with Gasteiger partial charge in [0, 0.05) is 10.5 Å². The van der Waals surface area contributed by atoms with Gasteiger partial charge in [-0.3, -0.25) is 0 Å². The molecule has 0 saturated carbocycles. The lowest BCUT2D eigenvalue weighted by Crippen LogP contribution is -2.25. The molecule has 1 rings (SSSR count). The molecule has 1 aromatic rings. The van der Waals surface area contributed by atoms with Crippen LogP contribution in [-0.4, -0.2) is 17.5 Å². The normalized spacial score (nSPS) is 13.0. The van der Waals surface area contributed by atoms with Crippen LogP contribution in [0, 0.1) is 0 Å². The molecule has 0 radical (unpaired) electrons. The molecule has 5 heteroatoms. The van der Waals surface area contributed by atoms with Crippen molar-refractivity contribution >= 4 is 11.8 Å². The standard InChI is InChI=1S/C16H26O4S/c1-15(2,3)19-17-14(18-20-16(4,5)6)12-8-10-13(21-7)11-9-12/h8-11,14H,1-7H3. The van der Waals surface area contributed by atoms with Crippen LogP contribution in [-0.2, 0) is 19.6 Å². The number of thioether (sulfide) groups is 1. The highest BCUT2D eigenvalue weighted by atomic mass is 32.2. The maximum Gasteiger partial charge on any atom is 0.249 e. The van der Waals surface area contributed by atoms with Crippen LogP contribution in [0.1, 0.15) is 53.4 Å². The summed E-state index contributed by atoms with van der Waals surface area (Å²) in [4.78, 5) is 22.7. The van der Waals surface area contributed by atoms with E-state index in [1.165, 1.54) is 4.90 Å². The molecule has 0 heterocycles. The maximum absolute atomic E-state index is 5.41. The Bertz CT molecular complexity index is 399. The topological polar surface area (TPSA) is 36.9 Å². The summed E-state index contributed by atoms with van der Waals surface area (Å²) in [6.07, 6.45) is 1.30. The maximum atomic E-state index is 5.41. The lowest BCUT2D eigenvalue weighted by molar-refractivity contribution is -0.502. The van der Waals surface area contributed by atoms with Gasteiger partial charge in [-0.25, -0.2) is 9.78 Å². The van der Waals surface area contributed by atoms with Gasteiger partial charge in [0.1, 0.15) is 0 Å². The minimum Gasteiger partial charge on any atom is -0.228 e. The Morgan fingerprint density at radius 2 is 1.24 bits per heavy atom. The summed E-state index contributed by atoms with van der Waals surface area (Å²) >= 11 is 1.68. The largest absolute Gasteiger partial charge is 0.249 e. The first-order chi connectivity index (χ1) is 9.61. The van der Waals surface area contributed by atoms with Crippen LogP contribution in [0.25, 0.3) is 0 Å². The van der Waals surface area contributed by atoms with Gasteiger partial charge in [-0.1, -0.05) is 12.1 Å². The predicted octanol–water partition coefficient (Wildman–Crippen LogP) is 4.90. The predicted molar refractivity (Wildman–Crippen MR) is 84.8 cm³/mol. The fourth-order valence-corrected chi connectivity index (χ4v) is 1.67. The van der Waals surface area contributed by atoms with Gasteiger partial charge in [0.2, 0.25) is 6.29 Å². The van der Waals surface area contributed by atoms with E-state index < -0.39 is 17.5 Å². The van der Waals surface area contributed by atoms with Gasteiger partial charge < -0.3 is 0 Å². The van der Waals surface area contributed by atoms with Crippen LogP contribution in [0.5, 0.6) is 0 Å². The minimum absolute atomic E-state index is 0.428. The average Bonchev–Trinajstić information content (AvgIpc) is 2.36. The molecule has 0 aliphatic rings. The smallest absolute Gasteiger partial charge is 0.228 e. The number of hydrogen-bond donors (Lipinski definition) is 0. The molecular formula is C16H26O4S. The van der Waals surface area contributed by atoms with Crippen molar-refractivity contribution in [1.82, 2.24) is 0 Å². The zero-order valence-electron chi connectivity index (χ0n) is 13.9. The summed E-state index contributed by atoms with van der Waals surface area (Å²) in [5.41, 5.74) is -0.0215. The van der Waals surface area contributed by atoms with Crippen LogP contribution < -0.4 is 0 Å². The Kier molecular flexibility index (Phi) is 6.69. The monoisotopic (exact) mass is 314 g/mol. The molecule has 0 amide bonds. The summed E-state index contributed by atoms with van der Waals surface area (Å²) in [6.45, 7) is 11.4. The Labute approximate surface area is 132 Å². The highest BCUT2D eigenvalue weighted by Gasteiger charge is 2.23. The van der Waals surface area contributed by atoms with Gasteiger partial charge in [-0.2, -0.15) is 9.78 Å². The highest BCUT2D eigenvalue weighted by molar-refractivity contribution is 7.98. The molecule has 4 nitrogen and oxygen atoms in total. The van der Waals surface area contributed by atoms with Crippen molar-refractivity contribution in [2.45, 2.75) is 63.9 Å². The molecule has 0 spiro atoms. The second-order valence-electron chi connectivity index (χ2n) is 6.69. The molecule has 0 atom stereocenters. The third-order valence-corrected chi connectivity index (χ3v) is 2.90. The van der Waals surface area contributed by atoms with Crippen LogP contribution in [0.3, 0.4) is 0 Å². The van der Waals surface area contributed by atoms with Gasteiger partial charge in [0.15, 0.2) is 0 Å². The van der Waals surface area contributed by atoms with Crippen LogP contribution in [0.4, 0.5) is 0 Å². The Morgan fingerprint density at radius 1 is 0.810 bits per heavy atom. The van der Waals surface area contributed by atoms with Crippen molar-refractivity contribution < 1.29 is 19.6 Å². The van der Waals surface area contributed by atoms with Crippen molar-refractivity contribution in [3.8, 4) is 0 Å². The molecule has 0 aromatic heterocycles. The fraction of sp³-hybridized carbons (Fsp3) is 0.625. The van der Waals surface area contributed by atoms with Gasteiger partial charge >= 0.3 is 0 Å². The van der Waals surface area contributed by atoms with Crippen molar-refractivity contribution in [2.24, 2.45) is 0 Å². The fourth-order valence-electron chi connectivity index (χ4n) is 1.26. The van der Waals surface area contributed by atoms with Gasteiger partial charge in [0.05, 0.1) is 11.2 Å². The molecule has 21 heavy (non-hydrogen) atoms. The summed E-state index contributed by atoms with van der Waals surface area (Å²) in [5, 5.41) is 0. The van der Waals surface area contributed by atoms with E-state index in [2.05, 4.69) is 0 Å². The zero-order valence-corrected chi connectivity index (χ0v) is 14.7. The second-order valence-corrected chi connectivity index (χ2v) is 7.57. The second kappa shape index (κ2) is 7.61. The molecule has 0 fully saturated rings. The van der Waals surface area contributed by atoms with E-state index in [0.717, 1.165) is 5.56 Å². The van der Waals surface area contributed by atoms with E-state index >= 15 is 0 Å². The molecule has 0 aliphatic carbocycles. The van der Waals surface area contributed by atoms with Crippen molar-refractivity contribution in [3.63, 3.8) is 0 Å². The van der Waals surface area contributed by atoms with Gasteiger partial charge in [-0.05, 0) is 59.9 Å². The summed E-state index contributed by atoms with van der Waals surface area (Å²) in [5.74, 6) is 0. The molecule has 0 saturated heterocycles. The van der Waals surface area contributed by atoms with Gasteiger partial charge in [-0.15, -0.1) is 11.8 Å². The Hall–Kier alpha value is -0.590. The molecule has 0 bridgehead atoms. The lowest BCUT2D eigenvalue weighted by atomic mass is 10.2. The van der Waals surface area contributed by atoms with Gasteiger partial charge in [0.25, 0.3) is 0 Å². The minimum atomic E-state index is -0.737. The third-order valence-electron chi connectivity index (χ3n) is 2.16. The highest BCUT2D eigenvalue weighted by Crippen LogP contribution is 2.26. The molecule has 0 aliphatic heterocycles. The first kappa shape index (κ1) is 18.5. The van der Waals surface area contributed by atoms with E-state index in [4.69, 9.17) is 19.6 Å². The Morgan fingerprint density at radius 3 is 1.57 bits per heavy atom. The summed E-state index contributed by atoms with van der Waals surface area (Å²) < 4.78 is 0. The number of benzene rings is 1. The van der Waals surface area contributed by atoms with Crippen molar-refractivity contribution in [2.75, 3.05) is 6.26 Å². The van der Waals surface area contributed by atoms with Crippen molar-refractivity contribution in [3.05, 3.63) is 29.8 Å². The van der Waals surface area contributed by atoms with E-state index in [0.29, 0.717) is 0 Å². The van der Waals surface area contributed by atoms with E-state index in [9.17, 15) is 0 Å². The van der Waals surface area contributed by atoms with Crippen LogP contribution in [0.15, 0.2) is 29.2 Å². The van der Waals surface area contributed by atoms with E-state index in [1.807, 2.05) is 72.1 Å².